The van der Waals surface area contributed by atoms with Crippen molar-refractivity contribution in [2.45, 2.75) is 6.92 Å². The van der Waals surface area contributed by atoms with Crippen LogP contribution in [-0.4, -0.2) is 17.7 Å². The van der Waals surface area contributed by atoms with Gasteiger partial charge in [0.25, 0.3) is 0 Å². The SMILES string of the molecule is CCOC(=O)c1cc(F)c(NC(N)=S)c(Br)c1. The molecule has 0 bridgehead atoms. The standard InChI is InChI=1S/C10H10BrFN2O2S/c1-2-16-9(15)5-3-6(11)8(7(12)4-5)14-10(13)17/h3-4H,2H2,1H3,(H3,13,14,17). The molecule has 0 amide bonds. The smallest absolute Gasteiger partial charge is 0.338 e. The number of hydrogen-bond donors (Lipinski definition) is 2. The molecule has 0 aliphatic heterocycles. The predicted octanol–water partition coefficient (Wildman–Crippen LogP) is 2.42. The van der Waals surface area contributed by atoms with E-state index in [1.807, 2.05) is 0 Å². The van der Waals surface area contributed by atoms with E-state index in [0.29, 0.717) is 4.47 Å². The lowest BCUT2D eigenvalue weighted by atomic mass is 10.2. The Bertz CT molecular complexity index is 445. The fourth-order valence-electron chi connectivity index (χ4n) is 1.15. The summed E-state index contributed by atoms with van der Waals surface area (Å²) in [4.78, 5) is 11.4. The highest BCUT2D eigenvalue weighted by molar-refractivity contribution is 9.10. The molecule has 17 heavy (non-hydrogen) atoms. The van der Waals surface area contributed by atoms with Crippen molar-refractivity contribution in [1.29, 1.82) is 0 Å². The number of halogens is 2. The van der Waals surface area contributed by atoms with Crippen LogP contribution in [-0.2, 0) is 4.74 Å². The highest BCUT2D eigenvalue weighted by atomic mass is 79.9. The van der Waals surface area contributed by atoms with E-state index in [4.69, 9.17) is 10.5 Å². The first kappa shape index (κ1) is 13.9. The maximum atomic E-state index is 13.7. The van der Waals surface area contributed by atoms with Gasteiger partial charge in [-0.2, -0.15) is 0 Å². The average molecular weight is 321 g/mol. The van der Waals surface area contributed by atoms with Gasteiger partial charge < -0.3 is 15.8 Å². The predicted molar refractivity (Wildman–Crippen MR) is 70.5 cm³/mol. The van der Waals surface area contributed by atoms with Crippen LogP contribution in [0.3, 0.4) is 0 Å². The topological polar surface area (TPSA) is 64.3 Å². The van der Waals surface area contributed by atoms with Gasteiger partial charge in [-0.25, -0.2) is 9.18 Å². The molecule has 0 saturated heterocycles. The number of thiocarbonyl (C=S) groups is 1. The Balaban J connectivity index is 3.09. The fourth-order valence-corrected chi connectivity index (χ4v) is 1.79. The molecule has 4 nitrogen and oxygen atoms in total. The van der Waals surface area contributed by atoms with Crippen LogP contribution in [0.1, 0.15) is 17.3 Å². The van der Waals surface area contributed by atoms with Crippen LogP contribution in [0, 0.1) is 5.82 Å². The molecule has 1 aromatic carbocycles. The Kier molecular flexibility index (Phi) is 4.83. The van der Waals surface area contributed by atoms with Crippen LogP contribution in [0.15, 0.2) is 16.6 Å². The lowest BCUT2D eigenvalue weighted by Gasteiger charge is -2.09. The number of nitrogens with one attached hydrogen (secondary N) is 1. The largest absolute Gasteiger partial charge is 0.462 e. The Hall–Kier alpha value is -1.21. The van der Waals surface area contributed by atoms with E-state index in [2.05, 4.69) is 33.5 Å². The fraction of sp³-hybridized carbons (Fsp3) is 0.200. The molecule has 0 heterocycles. The minimum atomic E-state index is -0.643. The number of esters is 1. The highest BCUT2D eigenvalue weighted by Crippen LogP contribution is 2.27. The molecule has 1 aromatic rings. The number of ether oxygens (including phenoxy) is 1. The maximum Gasteiger partial charge on any atom is 0.338 e. The maximum absolute atomic E-state index is 13.7. The molecule has 0 aromatic heterocycles. The first-order valence-electron chi connectivity index (χ1n) is 4.68. The minimum absolute atomic E-state index is 0.0616. The molecule has 0 spiro atoms. The van der Waals surface area contributed by atoms with Crippen molar-refractivity contribution in [3.63, 3.8) is 0 Å². The van der Waals surface area contributed by atoms with Crippen LogP contribution >= 0.6 is 28.1 Å². The summed E-state index contributed by atoms with van der Waals surface area (Å²) in [6, 6.07) is 2.49. The second-order valence-corrected chi connectivity index (χ2v) is 4.32. The van der Waals surface area contributed by atoms with E-state index in [1.165, 1.54) is 6.07 Å². The molecular weight excluding hydrogens is 311 g/mol. The van der Waals surface area contributed by atoms with Gasteiger partial charge >= 0.3 is 5.97 Å². The van der Waals surface area contributed by atoms with Crippen LogP contribution < -0.4 is 11.1 Å². The van der Waals surface area contributed by atoms with Gasteiger partial charge in [-0.3, -0.25) is 0 Å². The molecule has 1 rings (SSSR count). The molecule has 0 atom stereocenters. The van der Waals surface area contributed by atoms with Crippen LogP contribution in [0.2, 0.25) is 0 Å². The first-order chi connectivity index (χ1) is 7.95. The second kappa shape index (κ2) is 5.92. The highest BCUT2D eigenvalue weighted by Gasteiger charge is 2.14. The van der Waals surface area contributed by atoms with Crippen LogP contribution in [0.5, 0.6) is 0 Å². The molecule has 0 aliphatic rings. The van der Waals surface area contributed by atoms with Gasteiger partial charge in [-0.05, 0) is 47.2 Å². The zero-order chi connectivity index (χ0) is 13.0. The third-order valence-corrected chi connectivity index (χ3v) is 2.53. The number of carbonyl (C=O) groups excluding carboxylic acids is 1. The summed E-state index contributed by atoms with van der Waals surface area (Å²) in [7, 11) is 0. The molecular formula is C10H10BrFN2O2S. The van der Waals surface area contributed by atoms with E-state index in [1.54, 1.807) is 6.92 Å². The monoisotopic (exact) mass is 320 g/mol. The Morgan fingerprint density at radius 2 is 2.29 bits per heavy atom. The van der Waals surface area contributed by atoms with Crippen molar-refractivity contribution >= 4 is 44.9 Å². The molecule has 0 aliphatic carbocycles. The lowest BCUT2D eigenvalue weighted by Crippen LogP contribution is -2.20. The Morgan fingerprint density at radius 3 is 2.76 bits per heavy atom. The normalized spacial score (nSPS) is 9.82. The number of rotatable bonds is 3. The van der Waals surface area contributed by atoms with Crippen LogP contribution in [0.4, 0.5) is 10.1 Å². The molecule has 0 unspecified atom stereocenters. The summed E-state index contributed by atoms with van der Waals surface area (Å²) < 4.78 is 18.8. The lowest BCUT2D eigenvalue weighted by molar-refractivity contribution is 0.0526. The summed E-state index contributed by atoms with van der Waals surface area (Å²) in [6.45, 7) is 1.90. The number of nitrogens with two attached hydrogens (primary N) is 1. The number of anilines is 1. The van der Waals surface area contributed by atoms with E-state index < -0.39 is 11.8 Å². The molecule has 0 fully saturated rings. The zero-order valence-corrected chi connectivity index (χ0v) is 11.3. The third kappa shape index (κ3) is 3.64. The molecule has 7 heteroatoms. The van der Waals surface area contributed by atoms with Crippen molar-refractivity contribution in [3.05, 3.63) is 28.0 Å². The summed E-state index contributed by atoms with van der Waals surface area (Å²) >= 11 is 7.73. The number of benzene rings is 1. The van der Waals surface area contributed by atoms with Crippen molar-refractivity contribution in [3.8, 4) is 0 Å². The minimum Gasteiger partial charge on any atom is -0.462 e. The quantitative estimate of drug-likeness (QED) is 0.661. The van der Waals surface area contributed by atoms with Crippen molar-refractivity contribution in [2.75, 3.05) is 11.9 Å². The molecule has 3 N–H and O–H groups in total. The first-order valence-corrected chi connectivity index (χ1v) is 5.88. The van der Waals surface area contributed by atoms with E-state index in [0.717, 1.165) is 6.07 Å². The Morgan fingerprint density at radius 1 is 1.65 bits per heavy atom. The van der Waals surface area contributed by atoms with Gasteiger partial charge in [0.2, 0.25) is 0 Å². The van der Waals surface area contributed by atoms with Gasteiger partial charge in [0.05, 0.1) is 17.9 Å². The average Bonchev–Trinajstić information content (AvgIpc) is 2.23. The number of hydrogen-bond acceptors (Lipinski definition) is 3. The summed E-state index contributed by atoms with van der Waals surface area (Å²) in [5, 5.41) is 2.41. The van der Waals surface area contributed by atoms with Gasteiger partial charge in [-0.1, -0.05) is 0 Å². The summed E-state index contributed by atoms with van der Waals surface area (Å²) in [5.41, 5.74) is 5.45. The van der Waals surface area contributed by atoms with E-state index in [-0.39, 0.29) is 23.0 Å². The van der Waals surface area contributed by atoms with Crippen molar-refractivity contribution in [1.82, 2.24) is 0 Å². The van der Waals surface area contributed by atoms with E-state index >= 15 is 0 Å². The van der Waals surface area contributed by atoms with E-state index in [9.17, 15) is 9.18 Å². The number of carbonyl (C=O) groups is 1. The molecule has 92 valence electrons. The third-order valence-electron chi connectivity index (χ3n) is 1.80. The van der Waals surface area contributed by atoms with Crippen LogP contribution in [0.25, 0.3) is 0 Å². The summed E-state index contributed by atoms with van der Waals surface area (Å²) in [5.74, 6) is -1.23. The second-order valence-electron chi connectivity index (χ2n) is 3.02. The van der Waals surface area contributed by atoms with Crippen molar-refractivity contribution < 1.29 is 13.9 Å². The van der Waals surface area contributed by atoms with Gasteiger partial charge in [0, 0.05) is 4.47 Å². The van der Waals surface area contributed by atoms with Gasteiger partial charge in [0.15, 0.2) is 5.11 Å². The summed E-state index contributed by atoms with van der Waals surface area (Å²) in [6.07, 6.45) is 0. The van der Waals surface area contributed by atoms with Crippen molar-refractivity contribution in [2.24, 2.45) is 5.73 Å². The Labute approximate surface area is 111 Å². The van der Waals surface area contributed by atoms with Gasteiger partial charge in [-0.15, -0.1) is 0 Å². The van der Waals surface area contributed by atoms with Gasteiger partial charge in [0.1, 0.15) is 5.82 Å². The molecule has 0 saturated carbocycles. The zero-order valence-electron chi connectivity index (χ0n) is 8.92. The molecule has 0 radical (unpaired) electrons.